The average Bonchev–Trinajstić information content (AvgIpc) is 3.80. The molecule has 7 unspecified atom stereocenters. The Morgan fingerprint density at radius 3 is 1.56 bits per heavy atom. The molecule has 11 rings (SSSR count). The smallest absolute Gasteiger partial charge is 0.344 e. The fraction of sp³-hybridized carbons (Fsp3) is 0.897. The van der Waals surface area contributed by atoms with Crippen molar-refractivity contribution in [1.29, 1.82) is 5.26 Å². The van der Waals surface area contributed by atoms with Gasteiger partial charge in [-0.15, -0.1) is 0 Å². The van der Waals surface area contributed by atoms with Crippen LogP contribution in [-0.4, -0.2) is 81.3 Å². The van der Waals surface area contributed by atoms with E-state index in [0.29, 0.717) is 38.5 Å². The summed E-state index contributed by atoms with van der Waals surface area (Å²) in [5.74, 6) is 0.882. The Balaban J connectivity index is 0.000000513. The Morgan fingerprint density at radius 2 is 1.11 bits per heavy atom. The first-order valence-electron chi connectivity index (χ1n) is 24.9. The predicted octanol–water partition coefficient (Wildman–Crippen LogP) is 12.3. The van der Waals surface area contributed by atoms with Crippen LogP contribution in [0.25, 0.3) is 0 Å². The van der Waals surface area contributed by atoms with Gasteiger partial charge in [-0.2, -0.15) is 5.26 Å². The van der Waals surface area contributed by atoms with Crippen LogP contribution in [0.15, 0.2) is 0 Å². The van der Waals surface area contributed by atoms with Crippen molar-refractivity contribution < 1.29 is 57.9 Å². The number of ether oxygens (including phenoxy) is 5. The molecule has 7 atom stereocenters. The fourth-order valence-corrected chi connectivity index (χ4v) is 14.3. The molecule has 13 heteroatoms. The second kappa shape index (κ2) is 22.3. The lowest BCUT2D eigenvalue weighted by Crippen LogP contribution is -2.67. The average molecular weight is 1010 g/mol. The molecule has 11 fully saturated rings. The third-order valence-electron chi connectivity index (χ3n) is 18.6. The van der Waals surface area contributed by atoms with E-state index in [0.717, 1.165) is 49.9 Å². The van der Waals surface area contributed by atoms with E-state index < -0.39 is 69.8 Å². The topological polar surface area (TPSA) is 196 Å². The van der Waals surface area contributed by atoms with Gasteiger partial charge in [-0.25, -0.2) is 4.79 Å². The number of hydrogen-bond acceptors (Lipinski definition) is 13. The predicted molar refractivity (Wildman–Crippen MR) is 278 cm³/mol. The van der Waals surface area contributed by atoms with Gasteiger partial charge in [0, 0.05) is 36.5 Å². The standard InChI is InChI=1S/C19H32O2.C17H21NO6.C16H26O4.6CH4/c1-6-17(2,3)16(20)21-18(4,5)19-10-13-7-14(11-19)9-15(8-13)12-19;1-4-16(2,3)14(20)22-7-11(19)23-12-9-5-10-13(12)24-15(21)17(10,6-9)8-18;1-4-13(2,3)12(17)20-16-7-11-5-14(18,9-16)8-15(19,6-11)10-16;;;;;;/h13-15H,6-12H2,1-5H3;9-10,12-13H,4-7H2,1-3H3;11,18-19H,4-10H2,1-3H3;6*1H4. The van der Waals surface area contributed by atoms with Gasteiger partial charge in [0.2, 0.25) is 0 Å². The van der Waals surface area contributed by atoms with Crippen LogP contribution in [0.3, 0.4) is 0 Å². The molecule has 0 spiro atoms. The summed E-state index contributed by atoms with van der Waals surface area (Å²) in [5, 5.41) is 30.6. The van der Waals surface area contributed by atoms with Gasteiger partial charge in [0.15, 0.2) is 12.0 Å². The van der Waals surface area contributed by atoms with Gasteiger partial charge in [-0.1, -0.05) is 65.3 Å². The number of aliphatic hydroxyl groups is 2. The van der Waals surface area contributed by atoms with Crippen LogP contribution >= 0.6 is 0 Å². The molecule has 1 heterocycles. The summed E-state index contributed by atoms with van der Waals surface area (Å²) in [6.07, 6.45) is 13.9. The molecule has 71 heavy (non-hydrogen) atoms. The minimum absolute atomic E-state index is 0. The summed E-state index contributed by atoms with van der Waals surface area (Å²) in [4.78, 5) is 60.8. The van der Waals surface area contributed by atoms with Crippen LogP contribution < -0.4 is 0 Å². The fourth-order valence-electron chi connectivity index (χ4n) is 14.3. The normalized spacial score (nSPS) is 36.8. The summed E-state index contributed by atoms with van der Waals surface area (Å²) in [5.41, 5.74) is -4.97. The maximum atomic E-state index is 12.6. The highest BCUT2D eigenvalue weighted by atomic mass is 16.6. The van der Waals surface area contributed by atoms with E-state index in [-0.39, 0.29) is 90.7 Å². The highest BCUT2D eigenvalue weighted by Gasteiger charge is 2.72. The highest BCUT2D eigenvalue weighted by Crippen LogP contribution is 2.65. The number of nitrogens with zero attached hydrogens (tertiary/aromatic N) is 1. The van der Waals surface area contributed by atoms with Crippen molar-refractivity contribution in [2.24, 2.45) is 62.6 Å². The Bertz CT molecular complexity index is 1890. The molecule has 10 bridgehead atoms. The molecular formula is C58H103NO12. The summed E-state index contributed by atoms with van der Waals surface area (Å²) in [6.45, 7) is 21.1. The zero-order chi connectivity index (χ0) is 48.0. The molecule has 1 aliphatic heterocycles. The van der Waals surface area contributed by atoms with Crippen LogP contribution in [0.1, 0.15) is 230 Å². The Kier molecular flexibility index (Phi) is 20.7. The van der Waals surface area contributed by atoms with Gasteiger partial charge >= 0.3 is 29.8 Å². The Hall–Kier alpha value is -3.24. The summed E-state index contributed by atoms with van der Waals surface area (Å²) >= 11 is 0. The Labute approximate surface area is 431 Å². The van der Waals surface area contributed by atoms with Crippen molar-refractivity contribution in [3.63, 3.8) is 0 Å². The summed E-state index contributed by atoms with van der Waals surface area (Å²) < 4.78 is 27.7. The van der Waals surface area contributed by atoms with Crippen LogP contribution in [0, 0.1) is 73.9 Å². The molecule has 0 aromatic rings. The van der Waals surface area contributed by atoms with E-state index >= 15 is 0 Å². The molecule has 10 saturated carbocycles. The molecule has 0 aromatic carbocycles. The molecule has 0 aromatic heterocycles. The van der Waals surface area contributed by atoms with Gasteiger partial charge in [0.05, 0.1) is 33.5 Å². The molecule has 412 valence electrons. The summed E-state index contributed by atoms with van der Waals surface area (Å²) in [6, 6.07) is 2.10. The van der Waals surface area contributed by atoms with Crippen molar-refractivity contribution in [2.45, 2.75) is 264 Å². The van der Waals surface area contributed by atoms with E-state index in [2.05, 4.69) is 26.8 Å². The van der Waals surface area contributed by atoms with Crippen molar-refractivity contribution in [3.05, 3.63) is 0 Å². The Morgan fingerprint density at radius 1 is 0.648 bits per heavy atom. The number of carbonyl (C=O) groups excluding carboxylic acids is 5. The molecule has 2 N–H and O–H groups in total. The van der Waals surface area contributed by atoms with Crippen LogP contribution in [0.5, 0.6) is 0 Å². The van der Waals surface area contributed by atoms with Crippen molar-refractivity contribution in [3.8, 4) is 6.07 Å². The van der Waals surface area contributed by atoms with Gasteiger partial charge in [0.1, 0.15) is 23.4 Å². The van der Waals surface area contributed by atoms with E-state index in [1.165, 1.54) is 38.5 Å². The minimum atomic E-state index is -1.06. The maximum absolute atomic E-state index is 12.6. The van der Waals surface area contributed by atoms with Gasteiger partial charge in [-0.05, 0) is 169 Å². The monoisotopic (exact) mass is 1010 g/mol. The first-order valence-corrected chi connectivity index (χ1v) is 24.9. The molecule has 0 radical (unpaired) electrons. The van der Waals surface area contributed by atoms with Crippen molar-refractivity contribution in [2.75, 3.05) is 6.61 Å². The second-order valence-electron chi connectivity index (χ2n) is 25.1. The molecule has 10 aliphatic carbocycles. The molecule has 11 aliphatic rings. The van der Waals surface area contributed by atoms with E-state index in [4.69, 9.17) is 23.7 Å². The van der Waals surface area contributed by atoms with E-state index in [1.54, 1.807) is 13.8 Å². The van der Waals surface area contributed by atoms with Crippen molar-refractivity contribution >= 4 is 29.8 Å². The molecule has 13 nitrogen and oxygen atoms in total. The largest absolute Gasteiger partial charge is 0.459 e. The van der Waals surface area contributed by atoms with Crippen LogP contribution in [0.2, 0.25) is 0 Å². The lowest BCUT2D eigenvalue weighted by molar-refractivity contribution is -0.264. The number of fused-ring (bicyclic) bond motifs is 1. The lowest BCUT2D eigenvalue weighted by atomic mass is 9.46. The summed E-state index contributed by atoms with van der Waals surface area (Å²) in [7, 11) is 0. The van der Waals surface area contributed by atoms with E-state index in [9.17, 15) is 39.4 Å². The molecule has 0 amide bonds. The number of nitriles is 1. The number of rotatable bonds is 12. The molecule has 1 saturated heterocycles. The third-order valence-corrected chi connectivity index (χ3v) is 18.6. The van der Waals surface area contributed by atoms with Crippen LogP contribution in [-0.2, 0) is 47.7 Å². The second-order valence-corrected chi connectivity index (χ2v) is 25.1. The first kappa shape index (κ1) is 65.8. The SMILES string of the molecule is C.C.C.C.C.C.CCC(C)(C)C(=O)OC(C)(C)C12CC3CC(CC(C3)C1)C2.CCC(C)(C)C(=O)OC12CC3CC(O)(CC(O)(C3)C1)C2.CCC(C)(C)C(=O)OCC(=O)OC1C2CC3C1OC(=O)C3(C#N)C2. The zero-order valence-electron chi connectivity index (χ0n) is 41.3. The maximum Gasteiger partial charge on any atom is 0.344 e. The first-order chi connectivity index (χ1) is 30.0. The molecular weight excluding hydrogens is 903 g/mol. The van der Waals surface area contributed by atoms with E-state index in [1.807, 2.05) is 41.5 Å². The number of hydrogen-bond donors (Lipinski definition) is 2. The highest BCUT2D eigenvalue weighted by molar-refractivity contribution is 5.85. The van der Waals surface area contributed by atoms with Gasteiger partial charge < -0.3 is 33.9 Å². The van der Waals surface area contributed by atoms with Gasteiger partial charge in [-0.3, -0.25) is 19.2 Å². The van der Waals surface area contributed by atoms with Crippen molar-refractivity contribution in [1.82, 2.24) is 0 Å². The minimum Gasteiger partial charge on any atom is -0.459 e. The quantitative estimate of drug-likeness (QED) is 0.139. The number of esters is 5. The number of carbonyl (C=O) groups is 5. The zero-order valence-corrected chi connectivity index (χ0v) is 41.3. The van der Waals surface area contributed by atoms with Gasteiger partial charge in [0.25, 0.3) is 0 Å². The third kappa shape index (κ3) is 12.2. The lowest BCUT2D eigenvalue weighted by Gasteiger charge is -2.62. The van der Waals surface area contributed by atoms with Crippen LogP contribution in [0.4, 0.5) is 0 Å².